The zero-order chi connectivity index (χ0) is 25.3. The van der Waals surface area contributed by atoms with Gasteiger partial charge in [0.1, 0.15) is 5.82 Å². The summed E-state index contributed by atoms with van der Waals surface area (Å²) in [5.74, 6) is 2.74. The van der Waals surface area contributed by atoms with Crippen LogP contribution in [0.3, 0.4) is 0 Å². The van der Waals surface area contributed by atoms with E-state index in [1.807, 2.05) is 0 Å². The zero-order valence-electron chi connectivity index (χ0n) is 22.8. The third-order valence-electron chi connectivity index (χ3n) is 8.40. The molecule has 1 aromatic heterocycles. The topological polar surface area (TPSA) is 21.1 Å². The molecule has 3 aromatic rings. The van der Waals surface area contributed by atoms with Crippen LogP contribution >= 0.6 is 0 Å². The average molecular weight is 496 g/mol. The first-order valence-electron chi connectivity index (χ1n) is 14.9. The quantitative estimate of drug-likeness (QED) is 0.248. The van der Waals surface area contributed by atoms with E-state index in [2.05, 4.69) is 89.2 Å². The fraction of sp³-hybridized carbons (Fsp3) is 0.500. The molecule has 1 unspecified atom stereocenters. The summed E-state index contributed by atoms with van der Waals surface area (Å²) in [6, 6.07) is 21.7. The molecule has 1 fully saturated rings. The Morgan fingerprint density at radius 1 is 0.811 bits per heavy atom. The number of allylic oxidation sites excluding steroid dienone is 2. The minimum atomic E-state index is 0.773. The predicted octanol–water partition coefficient (Wildman–Crippen LogP) is 8.76. The van der Waals surface area contributed by atoms with Crippen LogP contribution < -0.4 is 0 Å². The van der Waals surface area contributed by atoms with E-state index in [-0.39, 0.29) is 0 Å². The Balaban J connectivity index is 1.53. The highest BCUT2D eigenvalue weighted by molar-refractivity contribution is 5.68. The van der Waals surface area contributed by atoms with Gasteiger partial charge in [0.15, 0.2) is 0 Å². The maximum atomic E-state index is 5.38. The molecule has 0 N–H and O–H groups in total. The van der Waals surface area contributed by atoms with Crippen LogP contribution in [-0.4, -0.2) is 27.5 Å². The summed E-state index contributed by atoms with van der Waals surface area (Å²) in [6.07, 6.45) is 18.0. The third kappa shape index (κ3) is 6.82. The second-order valence-electron chi connectivity index (χ2n) is 11.3. The van der Waals surface area contributed by atoms with Gasteiger partial charge in [0.2, 0.25) is 0 Å². The van der Waals surface area contributed by atoms with Crippen molar-refractivity contribution in [1.29, 1.82) is 0 Å². The van der Waals surface area contributed by atoms with E-state index in [1.54, 1.807) is 0 Å². The van der Waals surface area contributed by atoms with Crippen molar-refractivity contribution in [1.82, 2.24) is 14.5 Å². The van der Waals surface area contributed by atoms with Crippen LogP contribution in [0.25, 0.3) is 22.6 Å². The van der Waals surface area contributed by atoms with E-state index in [0.717, 1.165) is 30.7 Å². The maximum Gasteiger partial charge on any atom is 0.140 e. The van der Waals surface area contributed by atoms with E-state index in [0.29, 0.717) is 0 Å². The van der Waals surface area contributed by atoms with Gasteiger partial charge in [-0.25, -0.2) is 4.98 Å². The molecule has 2 aromatic carbocycles. The average Bonchev–Trinajstić information content (AvgIpc) is 3.31. The molecule has 2 aliphatic rings. The highest BCUT2D eigenvalue weighted by Gasteiger charge is 2.25. The maximum absolute atomic E-state index is 5.38. The lowest BCUT2D eigenvalue weighted by molar-refractivity contribution is 0.162. The molecule has 0 saturated heterocycles. The molecule has 0 amide bonds. The molecule has 0 spiro atoms. The van der Waals surface area contributed by atoms with Crippen molar-refractivity contribution in [3.8, 4) is 22.6 Å². The molecule has 5 rings (SSSR count). The molecule has 1 saturated carbocycles. The molecule has 2 aliphatic carbocycles. The van der Waals surface area contributed by atoms with Crippen molar-refractivity contribution in [2.75, 3.05) is 13.1 Å². The Labute approximate surface area is 224 Å². The molecule has 37 heavy (non-hydrogen) atoms. The second-order valence-corrected chi connectivity index (χ2v) is 11.3. The van der Waals surface area contributed by atoms with Crippen LogP contribution in [0.5, 0.6) is 0 Å². The van der Waals surface area contributed by atoms with E-state index in [9.17, 15) is 0 Å². The molecule has 3 nitrogen and oxygen atoms in total. The van der Waals surface area contributed by atoms with Gasteiger partial charge in [-0.1, -0.05) is 105 Å². The van der Waals surface area contributed by atoms with Gasteiger partial charge < -0.3 is 4.57 Å². The second kappa shape index (κ2) is 13.2. The van der Waals surface area contributed by atoms with E-state index >= 15 is 0 Å². The van der Waals surface area contributed by atoms with Gasteiger partial charge in [-0.05, 0) is 50.4 Å². The van der Waals surface area contributed by atoms with E-state index < -0.39 is 0 Å². The number of hydrogen-bond acceptors (Lipinski definition) is 2. The fourth-order valence-electron chi connectivity index (χ4n) is 6.38. The molecular weight excluding hydrogens is 450 g/mol. The predicted molar refractivity (Wildman–Crippen MR) is 156 cm³/mol. The summed E-state index contributed by atoms with van der Waals surface area (Å²) in [7, 11) is 0. The lowest BCUT2D eigenvalue weighted by atomic mass is 9.88. The van der Waals surface area contributed by atoms with Gasteiger partial charge in [0.05, 0.1) is 11.4 Å². The van der Waals surface area contributed by atoms with Crippen LogP contribution in [0.2, 0.25) is 0 Å². The Morgan fingerprint density at radius 3 is 2.19 bits per heavy atom. The van der Waals surface area contributed by atoms with Crippen molar-refractivity contribution in [3.63, 3.8) is 0 Å². The van der Waals surface area contributed by atoms with Gasteiger partial charge in [-0.3, -0.25) is 4.90 Å². The summed E-state index contributed by atoms with van der Waals surface area (Å²) in [6.45, 7) is 6.75. The van der Waals surface area contributed by atoms with Crippen LogP contribution in [0.15, 0.2) is 72.8 Å². The number of nitrogens with zero attached hydrogens (tertiary/aromatic N) is 3. The highest BCUT2D eigenvalue weighted by atomic mass is 15.2. The zero-order valence-corrected chi connectivity index (χ0v) is 22.8. The monoisotopic (exact) mass is 495 g/mol. The summed E-state index contributed by atoms with van der Waals surface area (Å²) in [5, 5.41) is 0. The number of aromatic nitrogens is 2. The largest absolute Gasteiger partial charge is 0.326 e. The number of rotatable bonds is 11. The number of hydrogen-bond donors (Lipinski definition) is 0. The lowest BCUT2D eigenvalue weighted by Gasteiger charge is -2.33. The lowest BCUT2D eigenvalue weighted by Crippen LogP contribution is -2.35. The third-order valence-corrected chi connectivity index (χ3v) is 8.40. The van der Waals surface area contributed by atoms with Crippen LogP contribution in [0.1, 0.15) is 76.8 Å². The van der Waals surface area contributed by atoms with Gasteiger partial charge in [0, 0.05) is 37.3 Å². The minimum Gasteiger partial charge on any atom is -0.326 e. The smallest absolute Gasteiger partial charge is 0.140 e. The van der Waals surface area contributed by atoms with Crippen molar-refractivity contribution in [2.45, 2.75) is 84.2 Å². The SMILES string of the molecule is CCCCn1c(-c2ccccc2)nc(-c2ccccc2)c1CN(CC1CC=CCC1)CC1CCCCC1. The fourth-order valence-corrected chi connectivity index (χ4v) is 6.38. The van der Waals surface area contributed by atoms with E-state index in [4.69, 9.17) is 4.98 Å². The van der Waals surface area contributed by atoms with Gasteiger partial charge in [0.25, 0.3) is 0 Å². The Morgan fingerprint density at radius 2 is 1.51 bits per heavy atom. The van der Waals surface area contributed by atoms with Crippen molar-refractivity contribution in [3.05, 3.63) is 78.5 Å². The van der Waals surface area contributed by atoms with Crippen molar-refractivity contribution >= 4 is 0 Å². The molecular formula is C34H45N3. The van der Waals surface area contributed by atoms with Gasteiger partial charge in [-0.15, -0.1) is 0 Å². The Hall–Kier alpha value is -2.65. The molecule has 3 heteroatoms. The highest BCUT2D eigenvalue weighted by Crippen LogP contribution is 2.33. The molecule has 196 valence electrons. The number of benzene rings is 2. The summed E-state index contributed by atoms with van der Waals surface area (Å²) < 4.78 is 2.57. The summed E-state index contributed by atoms with van der Waals surface area (Å²) >= 11 is 0. The molecule has 0 bridgehead atoms. The first-order valence-corrected chi connectivity index (χ1v) is 14.9. The molecule has 0 radical (unpaired) electrons. The van der Waals surface area contributed by atoms with E-state index in [1.165, 1.54) is 99.8 Å². The number of imidazole rings is 1. The molecule has 0 aliphatic heterocycles. The minimum absolute atomic E-state index is 0.773. The summed E-state index contributed by atoms with van der Waals surface area (Å²) in [4.78, 5) is 8.20. The summed E-state index contributed by atoms with van der Waals surface area (Å²) in [5.41, 5.74) is 5.04. The number of unbranched alkanes of at least 4 members (excludes halogenated alkanes) is 1. The Kier molecular flexibility index (Phi) is 9.29. The van der Waals surface area contributed by atoms with Crippen molar-refractivity contribution < 1.29 is 0 Å². The molecule has 1 atom stereocenters. The van der Waals surface area contributed by atoms with Crippen LogP contribution in [0, 0.1) is 11.8 Å². The first-order chi connectivity index (χ1) is 18.3. The standard InChI is InChI=1S/C34H45N3/c1-2-3-24-37-32(27-36(25-28-16-8-4-9-17-28)26-29-18-10-5-11-19-29)33(30-20-12-6-13-21-30)35-34(37)31-22-14-7-15-23-31/h4,6-8,12-15,20-23,28-29H,2-3,5,9-11,16-19,24-27H2,1H3. The Bertz CT molecular complexity index is 1110. The van der Waals surface area contributed by atoms with Crippen LogP contribution in [-0.2, 0) is 13.1 Å². The van der Waals surface area contributed by atoms with Crippen molar-refractivity contribution in [2.24, 2.45) is 11.8 Å². The van der Waals surface area contributed by atoms with Crippen LogP contribution in [0.4, 0.5) is 0 Å². The van der Waals surface area contributed by atoms with Gasteiger partial charge >= 0.3 is 0 Å². The normalized spacial score (nSPS) is 18.5. The first kappa shape index (κ1) is 26.0. The molecule has 1 heterocycles. The van der Waals surface area contributed by atoms with Gasteiger partial charge in [-0.2, -0.15) is 0 Å².